The average Bonchev–Trinajstić information content (AvgIpc) is 2.84. The van der Waals surface area contributed by atoms with Crippen LogP contribution in [-0.4, -0.2) is 16.1 Å². The van der Waals surface area contributed by atoms with E-state index >= 15 is 0 Å². The van der Waals surface area contributed by atoms with Crippen molar-refractivity contribution in [3.8, 4) is 17.1 Å². The molecule has 22 heavy (non-hydrogen) atoms. The number of nitrogens with one attached hydrogen (secondary N) is 1. The lowest BCUT2D eigenvalue weighted by Crippen LogP contribution is -2.05. The maximum absolute atomic E-state index is 6.31. The lowest BCUT2D eigenvalue weighted by Gasteiger charge is -2.11. The van der Waals surface area contributed by atoms with Crippen LogP contribution in [0.2, 0.25) is 5.02 Å². The van der Waals surface area contributed by atoms with Gasteiger partial charge in [-0.15, -0.1) is 0 Å². The number of aromatic nitrogens is 2. The molecule has 1 heterocycles. The molecule has 0 spiro atoms. The van der Waals surface area contributed by atoms with Gasteiger partial charge in [-0.2, -0.15) is 0 Å². The molecule has 0 radical (unpaired) electrons. The molecule has 1 aromatic heterocycles. The lowest BCUT2D eigenvalue weighted by molar-refractivity contribution is 0.242. The zero-order valence-corrected chi connectivity index (χ0v) is 14.0. The quantitative estimate of drug-likeness (QED) is 0.713. The number of imidazole rings is 1. The van der Waals surface area contributed by atoms with Crippen molar-refractivity contribution < 1.29 is 4.74 Å². The predicted octanol–water partition coefficient (Wildman–Crippen LogP) is 5.29. The molecule has 3 nitrogen and oxygen atoms in total. The van der Waals surface area contributed by atoms with Gasteiger partial charge in [0.15, 0.2) is 0 Å². The van der Waals surface area contributed by atoms with Gasteiger partial charge in [0, 0.05) is 5.56 Å². The van der Waals surface area contributed by atoms with Gasteiger partial charge in [0.25, 0.3) is 0 Å². The van der Waals surface area contributed by atoms with E-state index in [0.717, 1.165) is 22.4 Å². The molecule has 1 N–H and O–H groups in total. The molecule has 3 aromatic rings. The van der Waals surface area contributed by atoms with Crippen LogP contribution in [0.3, 0.4) is 0 Å². The fourth-order valence-corrected chi connectivity index (χ4v) is 2.63. The molecule has 0 amide bonds. The summed E-state index contributed by atoms with van der Waals surface area (Å²) in [6, 6.07) is 9.97. The van der Waals surface area contributed by atoms with E-state index in [1.807, 2.05) is 32.0 Å². The fraction of sp³-hybridized carbons (Fsp3) is 0.278. The SMILES string of the molecule is Cc1cc2nc(-c3ccc(OC(C)C)c(Cl)c3)[nH]c2cc1C. The van der Waals surface area contributed by atoms with E-state index in [9.17, 15) is 0 Å². The number of aromatic amines is 1. The van der Waals surface area contributed by atoms with Gasteiger partial charge in [0.05, 0.1) is 22.2 Å². The smallest absolute Gasteiger partial charge is 0.138 e. The summed E-state index contributed by atoms with van der Waals surface area (Å²) in [6.07, 6.45) is 0.0977. The first-order chi connectivity index (χ1) is 10.4. The van der Waals surface area contributed by atoms with Crippen molar-refractivity contribution >= 4 is 22.6 Å². The Morgan fingerprint density at radius 1 is 1.09 bits per heavy atom. The van der Waals surface area contributed by atoms with Crippen LogP contribution >= 0.6 is 11.6 Å². The maximum atomic E-state index is 6.31. The molecule has 4 heteroatoms. The maximum Gasteiger partial charge on any atom is 0.138 e. The fourth-order valence-electron chi connectivity index (χ4n) is 2.40. The highest BCUT2D eigenvalue weighted by molar-refractivity contribution is 6.32. The van der Waals surface area contributed by atoms with Gasteiger partial charge in [-0.1, -0.05) is 11.6 Å². The molecule has 2 aromatic carbocycles. The Morgan fingerprint density at radius 2 is 1.82 bits per heavy atom. The molecule has 0 unspecified atom stereocenters. The van der Waals surface area contributed by atoms with Crippen LogP contribution in [0.15, 0.2) is 30.3 Å². The number of aryl methyl sites for hydroxylation is 2. The number of H-pyrrole nitrogens is 1. The van der Waals surface area contributed by atoms with Gasteiger partial charge in [-0.25, -0.2) is 4.98 Å². The van der Waals surface area contributed by atoms with Crippen molar-refractivity contribution in [2.24, 2.45) is 0 Å². The molecular weight excluding hydrogens is 296 g/mol. The van der Waals surface area contributed by atoms with E-state index < -0.39 is 0 Å². The van der Waals surface area contributed by atoms with Crippen LogP contribution in [0.1, 0.15) is 25.0 Å². The number of benzene rings is 2. The molecule has 0 saturated carbocycles. The molecule has 0 aliphatic carbocycles. The highest BCUT2D eigenvalue weighted by Crippen LogP contribution is 2.31. The van der Waals surface area contributed by atoms with Gasteiger partial charge in [-0.3, -0.25) is 0 Å². The number of hydrogen-bond acceptors (Lipinski definition) is 2. The summed E-state index contributed by atoms with van der Waals surface area (Å²) in [5.74, 6) is 1.52. The van der Waals surface area contributed by atoms with E-state index in [2.05, 4.69) is 35.9 Å². The molecule has 0 aliphatic rings. The Bertz CT molecular complexity index is 797. The zero-order valence-electron chi connectivity index (χ0n) is 13.2. The molecule has 0 aliphatic heterocycles. The van der Waals surface area contributed by atoms with Crippen LogP contribution in [-0.2, 0) is 0 Å². The van der Waals surface area contributed by atoms with Crippen molar-refractivity contribution in [3.05, 3.63) is 46.5 Å². The van der Waals surface area contributed by atoms with Crippen molar-refractivity contribution in [1.82, 2.24) is 9.97 Å². The monoisotopic (exact) mass is 314 g/mol. The van der Waals surface area contributed by atoms with Crippen LogP contribution in [0.25, 0.3) is 22.4 Å². The summed E-state index contributed by atoms with van der Waals surface area (Å²) >= 11 is 6.31. The lowest BCUT2D eigenvalue weighted by atomic mass is 10.1. The largest absolute Gasteiger partial charge is 0.489 e. The first-order valence-electron chi connectivity index (χ1n) is 7.37. The van der Waals surface area contributed by atoms with Gasteiger partial charge < -0.3 is 9.72 Å². The minimum absolute atomic E-state index is 0.0977. The molecule has 3 rings (SSSR count). The second-order valence-corrected chi connectivity index (χ2v) is 6.26. The topological polar surface area (TPSA) is 37.9 Å². The Morgan fingerprint density at radius 3 is 2.50 bits per heavy atom. The minimum Gasteiger partial charge on any atom is -0.489 e. The van der Waals surface area contributed by atoms with Crippen LogP contribution < -0.4 is 4.74 Å². The van der Waals surface area contributed by atoms with Crippen molar-refractivity contribution in [2.75, 3.05) is 0 Å². The molecular formula is C18H19ClN2O. The van der Waals surface area contributed by atoms with Crippen LogP contribution in [0, 0.1) is 13.8 Å². The van der Waals surface area contributed by atoms with E-state index in [1.54, 1.807) is 0 Å². The molecule has 0 atom stereocenters. The second-order valence-electron chi connectivity index (χ2n) is 5.85. The van der Waals surface area contributed by atoms with Gasteiger partial charge in [0.1, 0.15) is 11.6 Å². The summed E-state index contributed by atoms with van der Waals surface area (Å²) in [5, 5.41) is 0.596. The number of rotatable bonds is 3. The Hall–Kier alpha value is -2.00. The Balaban J connectivity index is 2.02. The third kappa shape index (κ3) is 2.81. The number of hydrogen-bond donors (Lipinski definition) is 1. The number of fused-ring (bicyclic) bond motifs is 1. The number of ether oxygens (including phenoxy) is 1. The Kier molecular flexibility index (Phi) is 3.83. The van der Waals surface area contributed by atoms with Gasteiger partial charge in [0.2, 0.25) is 0 Å². The predicted molar refractivity (Wildman–Crippen MR) is 91.8 cm³/mol. The molecule has 0 fully saturated rings. The van der Waals surface area contributed by atoms with Gasteiger partial charge >= 0.3 is 0 Å². The standard InChI is InChI=1S/C18H19ClN2O/c1-10(2)22-17-6-5-13(9-14(17)19)18-20-15-7-11(3)12(4)8-16(15)21-18/h5-10H,1-4H3,(H,20,21). The summed E-state index contributed by atoms with van der Waals surface area (Å²) < 4.78 is 5.66. The van der Waals surface area contributed by atoms with Crippen LogP contribution in [0.4, 0.5) is 0 Å². The van der Waals surface area contributed by atoms with Crippen molar-refractivity contribution in [3.63, 3.8) is 0 Å². The third-order valence-corrected chi connectivity index (χ3v) is 3.96. The Labute approximate surface area is 135 Å². The summed E-state index contributed by atoms with van der Waals surface area (Å²) in [5.41, 5.74) is 5.45. The minimum atomic E-state index is 0.0977. The summed E-state index contributed by atoms with van der Waals surface area (Å²) in [7, 11) is 0. The van der Waals surface area contributed by atoms with Crippen molar-refractivity contribution in [1.29, 1.82) is 0 Å². The zero-order chi connectivity index (χ0) is 15.9. The van der Waals surface area contributed by atoms with Crippen molar-refractivity contribution in [2.45, 2.75) is 33.8 Å². The molecule has 0 saturated heterocycles. The summed E-state index contributed by atoms with van der Waals surface area (Å²) in [4.78, 5) is 8.02. The van der Waals surface area contributed by atoms with Gasteiger partial charge in [-0.05, 0) is 69.2 Å². The summed E-state index contributed by atoms with van der Waals surface area (Å²) in [6.45, 7) is 8.16. The highest BCUT2D eigenvalue weighted by Gasteiger charge is 2.10. The average molecular weight is 315 g/mol. The number of nitrogens with zero attached hydrogens (tertiary/aromatic N) is 1. The molecule has 114 valence electrons. The van der Waals surface area contributed by atoms with E-state index in [4.69, 9.17) is 16.3 Å². The third-order valence-electron chi connectivity index (χ3n) is 3.67. The normalized spacial score (nSPS) is 11.4. The van der Waals surface area contributed by atoms with E-state index in [1.165, 1.54) is 11.1 Å². The first-order valence-corrected chi connectivity index (χ1v) is 7.75. The first kappa shape index (κ1) is 14.9. The number of halogens is 1. The van der Waals surface area contributed by atoms with E-state index in [0.29, 0.717) is 10.8 Å². The van der Waals surface area contributed by atoms with Crippen LogP contribution in [0.5, 0.6) is 5.75 Å². The molecule has 0 bridgehead atoms. The highest BCUT2D eigenvalue weighted by atomic mass is 35.5. The van der Waals surface area contributed by atoms with E-state index in [-0.39, 0.29) is 6.10 Å². The second kappa shape index (κ2) is 5.65.